The summed E-state index contributed by atoms with van der Waals surface area (Å²) >= 11 is 0. The Labute approximate surface area is 94.4 Å². The van der Waals surface area contributed by atoms with Crippen molar-refractivity contribution < 1.29 is 4.74 Å². The third-order valence-corrected chi connectivity index (χ3v) is 2.47. The molecule has 0 unspecified atom stereocenters. The van der Waals surface area contributed by atoms with E-state index in [0.717, 1.165) is 5.69 Å². The van der Waals surface area contributed by atoms with Gasteiger partial charge in [-0.1, -0.05) is 0 Å². The van der Waals surface area contributed by atoms with Crippen LogP contribution in [0.4, 0.5) is 5.69 Å². The summed E-state index contributed by atoms with van der Waals surface area (Å²) in [5, 5.41) is 7.34. The molecule has 0 spiro atoms. The van der Waals surface area contributed by atoms with Crippen molar-refractivity contribution in [2.75, 3.05) is 18.5 Å². The van der Waals surface area contributed by atoms with Crippen molar-refractivity contribution in [1.82, 2.24) is 9.78 Å². The van der Waals surface area contributed by atoms with E-state index in [-0.39, 0.29) is 5.56 Å². The van der Waals surface area contributed by atoms with Gasteiger partial charge in [-0.05, 0) is 19.8 Å². The second-order valence-electron chi connectivity index (χ2n) is 3.92. The number of ether oxygens (including phenoxy) is 1. The molecule has 5 heteroatoms. The van der Waals surface area contributed by atoms with Gasteiger partial charge in [0.1, 0.15) is 0 Å². The summed E-state index contributed by atoms with van der Waals surface area (Å²) in [6, 6.07) is 2.14. The second kappa shape index (κ2) is 5.12. The van der Waals surface area contributed by atoms with Crippen LogP contribution < -0.4 is 10.9 Å². The first-order valence-electron chi connectivity index (χ1n) is 5.71. The summed E-state index contributed by atoms with van der Waals surface area (Å²) in [6.45, 7) is 3.63. The van der Waals surface area contributed by atoms with Crippen LogP contribution in [0.15, 0.2) is 17.1 Å². The minimum absolute atomic E-state index is 0.0784. The van der Waals surface area contributed by atoms with Crippen LogP contribution in [0.3, 0.4) is 0 Å². The van der Waals surface area contributed by atoms with Crippen molar-refractivity contribution in [3.63, 3.8) is 0 Å². The lowest BCUT2D eigenvalue weighted by molar-refractivity contribution is 0.135. The lowest BCUT2D eigenvalue weighted by Crippen LogP contribution is -2.24. The van der Waals surface area contributed by atoms with Crippen LogP contribution in [0.2, 0.25) is 0 Å². The Morgan fingerprint density at radius 3 is 3.06 bits per heavy atom. The standard InChI is InChI=1S/C11H17N3O2/c1-2-16-6-5-14-11(15)7-10(8-12-14)13-9-3-4-9/h7-9,13H,2-6H2,1H3. The van der Waals surface area contributed by atoms with Crippen LogP contribution >= 0.6 is 0 Å². The molecule has 0 bridgehead atoms. The Morgan fingerprint density at radius 1 is 1.62 bits per heavy atom. The second-order valence-corrected chi connectivity index (χ2v) is 3.92. The minimum Gasteiger partial charge on any atom is -0.381 e. The number of hydrogen-bond acceptors (Lipinski definition) is 4. The molecule has 1 N–H and O–H groups in total. The van der Waals surface area contributed by atoms with Crippen molar-refractivity contribution in [2.24, 2.45) is 0 Å². The van der Waals surface area contributed by atoms with Gasteiger partial charge in [0, 0.05) is 18.7 Å². The lowest BCUT2D eigenvalue weighted by atomic mass is 10.4. The number of aromatic nitrogens is 2. The largest absolute Gasteiger partial charge is 0.381 e. The summed E-state index contributed by atoms with van der Waals surface area (Å²) in [7, 11) is 0. The van der Waals surface area contributed by atoms with E-state index in [1.54, 1.807) is 12.3 Å². The third-order valence-electron chi connectivity index (χ3n) is 2.47. The summed E-state index contributed by atoms with van der Waals surface area (Å²) in [4.78, 5) is 11.6. The van der Waals surface area contributed by atoms with Gasteiger partial charge in [0.2, 0.25) is 0 Å². The minimum atomic E-state index is -0.0784. The summed E-state index contributed by atoms with van der Waals surface area (Å²) in [5.41, 5.74) is 0.741. The highest BCUT2D eigenvalue weighted by Gasteiger charge is 2.20. The zero-order valence-electron chi connectivity index (χ0n) is 9.48. The normalized spacial score (nSPS) is 15.1. The number of anilines is 1. The third kappa shape index (κ3) is 3.06. The van der Waals surface area contributed by atoms with E-state index in [9.17, 15) is 4.79 Å². The Kier molecular flexibility index (Phi) is 3.56. The average molecular weight is 223 g/mol. The van der Waals surface area contributed by atoms with E-state index in [0.29, 0.717) is 25.8 Å². The number of hydrogen-bond donors (Lipinski definition) is 1. The van der Waals surface area contributed by atoms with E-state index >= 15 is 0 Å². The fraction of sp³-hybridized carbons (Fsp3) is 0.636. The van der Waals surface area contributed by atoms with Crippen molar-refractivity contribution in [2.45, 2.75) is 32.4 Å². The molecule has 1 aromatic rings. The maximum atomic E-state index is 11.6. The lowest BCUT2D eigenvalue weighted by Gasteiger charge is -2.07. The zero-order valence-corrected chi connectivity index (χ0v) is 9.48. The van der Waals surface area contributed by atoms with Crippen molar-refractivity contribution >= 4 is 5.69 Å². The Balaban J connectivity index is 1.95. The highest BCUT2D eigenvalue weighted by molar-refractivity contribution is 5.41. The van der Waals surface area contributed by atoms with Crippen molar-refractivity contribution in [1.29, 1.82) is 0 Å². The van der Waals surface area contributed by atoms with Crippen LogP contribution in [-0.4, -0.2) is 29.0 Å². The highest BCUT2D eigenvalue weighted by Crippen LogP contribution is 2.23. The fourth-order valence-corrected chi connectivity index (χ4v) is 1.44. The van der Waals surface area contributed by atoms with Gasteiger partial charge in [-0.25, -0.2) is 4.68 Å². The van der Waals surface area contributed by atoms with Crippen molar-refractivity contribution in [3.8, 4) is 0 Å². The van der Waals surface area contributed by atoms with Crippen molar-refractivity contribution in [3.05, 3.63) is 22.6 Å². The molecule has 1 aromatic heterocycles. The molecule has 0 amide bonds. The molecular formula is C11H17N3O2. The van der Waals surface area contributed by atoms with Gasteiger partial charge in [0.15, 0.2) is 0 Å². The van der Waals surface area contributed by atoms with Crippen LogP contribution in [0.1, 0.15) is 19.8 Å². The number of nitrogens with zero attached hydrogens (tertiary/aromatic N) is 2. The predicted molar refractivity (Wildman–Crippen MR) is 61.6 cm³/mol. The van der Waals surface area contributed by atoms with E-state index in [2.05, 4.69) is 10.4 Å². The van der Waals surface area contributed by atoms with Crippen LogP contribution in [-0.2, 0) is 11.3 Å². The molecule has 0 saturated heterocycles. The molecule has 0 aliphatic heterocycles. The Hall–Kier alpha value is -1.36. The molecule has 1 heterocycles. The molecule has 1 aliphatic rings. The average Bonchev–Trinajstić information content (AvgIpc) is 3.05. The summed E-state index contributed by atoms with van der Waals surface area (Å²) in [5.74, 6) is 0. The molecule has 1 fully saturated rings. The summed E-state index contributed by atoms with van der Waals surface area (Å²) < 4.78 is 6.61. The van der Waals surface area contributed by atoms with Gasteiger partial charge >= 0.3 is 0 Å². The molecule has 0 aromatic carbocycles. The van der Waals surface area contributed by atoms with Gasteiger partial charge in [0.05, 0.1) is 25.0 Å². The monoisotopic (exact) mass is 223 g/mol. The van der Waals surface area contributed by atoms with Gasteiger partial charge < -0.3 is 10.1 Å². The SMILES string of the molecule is CCOCCn1ncc(NC2CC2)cc1=O. The molecular weight excluding hydrogens is 206 g/mol. The molecule has 5 nitrogen and oxygen atoms in total. The topological polar surface area (TPSA) is 56.1 Å². The fourth-order valence-electron chi connectivity index (χ4n) is 1.44. The van der Waals surface area contributed by atoms with Crippen LogP contribution in [0.5, 0.6) is 0 Å². The first kappa shape index (κ1) is 11.1. The quantitative estimate of drug-likeness (QED) is 0.726. The highest BCUT2D eigenvalue weighted by atomic mass is 16.5. The molecule has 88 valence electrons. The molecule has 1 saturated carbocycles. The van der Waals surface area contributed by atoms with Gasteiger partial charge in [-0.15, -0.1) is 0 Å². The zero-order chi connectivity index (χ0) is 11.4. The number of rotatable bonds is 6. The molecule has 16 heavy (non-hydrogen) atoms. The van der Waals surface area contributed by atoms with Gasteiger partial charge in [-0.3, -0.25) is 4.79 Å². The molecule has 0 radical (unpaired) electrons. The number of nitrogens with one attached hydrogen (secondary N) is 1. The van der Waals surface area contributed by atoms with Gasteiger partial charge in [0.25, 0.3) is 5.56 Å². The summed E-state index contributed by atoms with van der Waals surface area (Å²) in [6.07, 6.45) is 4.08. The van der Waals surface area contributed by atoms with Crippen LogP contribution in [0.25, 0.3) is 0 Å². The first-order valence-corrected chi connectivity index (χ1v) is 5.71. The Morgan fingerprint density at radius 2 is 2.44 bits per heavy atom. The van der Waals surface area contributed by atoms with Crippen LogP contribution in [0, 0.1) is 0 Å². The van der Waals surface area contributed by atoms with E-state index in [1.807, 2.05) is 6.92 Å². The first-order chi connectivity index (χ1) is 7.79. The van der Waals surface area contributed by atoms with E-state index in [1.165, 1.54) is 17.5 Å². The molecule has 0 atom stereocenters. The predicted octanol–water partition coefficient (Wildman–Crippen LogP) is 0.854. The molecule has 1 aliphatic carbocycles. The maximum Gasteiger partial charge on any atom is 0.268 e. The Bertz CT molecular complexity index is 398. The smallest absolute Gasteiger partial charge is 0.268 e. The molecule has 2 rings (SSSR count). The maximum absolute atomic E-state index is 11.6. The van der Waals surface area contributed by atoms with E-state index in [4.69, 9.17) is 4.74 Å². The van der Waals surface area contributed by atoms with E-state index < -0.39 is 0 Å². The van der Waals surface area contributed by atoms with Gasteiger partial charge in [-0.2, -0.15) is 5.10 Å².